The van der Waals surface area contributed by atoms with Gasteiger partial charge in [0.25, 0.3) is 0 Å². The summed E-state index contributed by atoms with van der Waals surface area (Å²) in [7, 11) is 5.18. The molecule has 5 heteroatoms. The molecule has 0 bridgehead atoms. The molecule has 20 heavy (non-hydrogen) atoms. The van der Waals surface area contributed by atoms with E-state index in [2.05, 4.69) is 17.1 Å². The molecule has 0 aromatic heterocycles. The van der Waals surface area contributed by atoms with Crippen LogP contribution in [0, 0.1) is 5.82 Å². The fourth-order valence-corrected chi connectivity index (χ4v) is 2.23. The van der Waals surface area contributed by atoms with Crippen LogP contribution >= 0.6 is 0 Å². The van der Waals surface area contributed by atoms with E-state index in [0.29, 0.717) is 26.3 Å². The lowest BCUT2D eigenvalue weighted by Crippen LogP contribution is -2.38. The molecule has 1 unspecified atom stereocenters. The molecule has 0 aliphatic carbocycles. The van der Waals surface area contributed by atoms with Crippen LogP contribution in [-0.2, 0) is 16.0 Å². The number of hydrogen-bond donors (Lipinski definition) is 1. The topological polar surface area (TPSA) is 33.7 Å². The molecule has 1 rings (SSSR count). The summed E-state index contributed by atoms with van der Waals surface area (Å²) in [6.07, 6.45) is 0. The van der Waals surface area contributed by atoms with Gasteiger partial charge in [-0.2, -0.15) is 0 Å². The van der Waals surface area contributed by atoms with Crippen LogP contribution < -0.4 is 10.2 Å². The zero-order valence-electron chi connectivity index (χ0n) is 12.8. The molecule has 0 fully saturated rings. The van der Waals surface area contributed by atoms with E-state index in [9.17, 15) is 4.39 Å². The standard InChI is InChI=1S/C15H25FN2O2/c1-12(11-20-4)18(5-6-19-3)15-8-13(10-17-2)7-14(16)9-15/h7-9,12,17H,5-6,10-11H2,1-4H3. The molecular formula is C15H25FN2O2. The van der Waals surface area contributed by atoms with Gasteiger partial charge in [0.1, 0.15) is 5.82 Å². The minimum absolute atomic E-state index is 0.152. The minimum Gasteiger partial charge on any atom is -0.383 e. The van der Waals surface area contributed by atoms with Crippen molar-refractivity contribution >= 4 is 5.69 Å². The third-order valence-corrected chi connectivity index (χ3v) is 3.13. The average molecular weight is 284 g/mol. The van der Waals surface area contributed by atoms with E-state index in [4.69, 9.17) is 9.47 Å². The Balaban J connectivity index is 2.98. The number of ether oxygens (including phenoxy) is 2. The predicted molar refractivity (Wildman–Crippen MR) is 79.7 cm³/mol. The molecule has 0 aliphatic heterocycles. The van der Waals surface area contributed by atoms with Gasteiger partial charge >= 0.3 is 0 Å². The van der Waals surface area contributed by atoms with Crippen LogP contribution in [0.3, 0.4) is 0 Å². The van der Waals surface area contributed by atoms with E-state index in [-0.39, 0.29) is 11.9 Å². The second-order valence-corrected chi connectivity index (χ2v) is 4.84. The molecule has 0 spiro atoms. The SMILES string of the molecule is CNCc1cc(F)cc(N(CCOC)C(C)COC)c1. The van der Waals surface area contributed by atoms with E-state index >= 15 is 0 Å². The van der Waals surface area contributed by atoms with Crippen molar-refractivity contribution in [2.24, 2.45) is 0 Å². The third-order valence-electron chi connectivity index (χ3n) is 3.13. The van der Waals surface area contributed by atoms with Crippen molar-refractivity contribution in [2.45, 2.75) is 19.5 Å². The first kappa shape index (κ1) is 16.9. The highest BCUT2D eigenvalue weighted by Crippen LogP contribution is 2.21. The number of nitrogens with one attached hydrogen (secondary N) is 1. The number of methoxy groups -OCH3 is 2. The molecule has 0 saturated heterocycles. The van der Waals surface area contributed by atoms with Gasteiger partial charge in [-0.15, -0.1) is 0 Å². The molecule has 0 heterocycles. The number of nitrogens with zero attached hydrogens (tertiary/aromatic N) is 1. The number of anilines is 1. The molecule has 0 radical (unpaired) electrons. The van der Waals surface area contributed by atoms with Crippen LogP contribution in [0.25, 0.3) is 0 Å². The van der Waals surface area contributed by atoms with Crippen molar-refractivity contribution in [2.75, 3.05) is 45.9 Å². The van der Waals surface area contributed by atoms with Gasteiger partial charge in [-0.3, -0.25) is 0 Å². The first-order valence-electron chi connectivity index (χ1n) is 6.81. The van der Waals surface area contributed by atoms with Gasteiger partial charge in [-0.1, -0.05) is 0 Å². The van der Waals surface area contributed by atoms with Crippen LogP contribution in [0.1, 0.15) is 12.5 Å². The predicted octanol–water partition coefficient (Wildman–Crippen LogP) is 2.03. The van der Waals surface area contributed by atoms with E-state index < -0.39 is 0 Å². The van der Waals surface area contributed by atoms with Crippen molar-refractivity contribution in [3.63, 3.8) is 0 Å². The molecule has 1 N–H and O–H groups in total. The summed E-state index contributed by atoms with van der Waals surface area (Å²) in [4.78, 5) is 2.11. The summed E-state index contributed by atoms with van der Waals surface area (Å²) in [5.41, 5.74) is 1.78. The number of rotatable bonds is 9. The van der Waals surface area contributed by atoms with Crippen LogP contribution in [0.5, 0.6) is 0 Å². The van der Waals surface area contributed by atoms with E-state index in [1.807, 2.05) is 13.1 Å². The maximum absolute atomic E-state index is 13.8. The van der Waals surface area contributed by atoms with E-state index in [1.54, 1.807) is 26.4 Å². The lowest BCUT2D eigenvalue weighted by Gasteiger charge is -2.31. The Kier molecular flexibility index (Phi) is 7.51. The smallest absolute Gasteiger partial charge is 0.125 e. The quantitative estimate of drug-likeness (QED) is 0.752. The normalized spacial score (nSPS) is 12.4. The summed E-state index contributed by atoms with van der Waals surface area (Å²) in [6, 6.07) is 5.26. The fraction of sp³-hybridized carbons (Fsp3) is 0.600. The highest BCUT2D eigenvalue weighted by molar-refractivity contribution is 5.50. The molecule has 0 amide bonds. The second-order valence-electron chi connectivity index (χ2n) is 4.84. The average Bonchev–Trinajstić information content (AvgIpc) is 2.39. The fourth-order valence-electron chi connectivity index (χ4n) is 2.23. The van der Waals surface area contributed by atoms with Crippen LogP contribution in [0.15, 0.2) is 18.2 Å². The molecule has 1 aromatic carbocycles. The number of hydrogen-bond acceptors (Lipinski definition) is 4. The van der Waals surface area contributed by atoms with Gasteiger partial charge in [0.05, 0.1) is 13.2 Å². The summed E-state index contributed by atoms with van der Waals surface area (Å²) < 4.78 is 24.1. The van der Waals surface area contributed by atoms with Gasteiger partial charge in [-0.25, -0.2) is 4.39 Å². The van der Waals surface area contributed by atoms with Crippen LogP contribution in [-0.4, -0.2) is 47.1 Å². The number of halogens is 1. The van der Waals surface area contributed by atoms with Gasteiger partial charge < -0.3 is 19.7 Å². The zero-order valence-corrected chi connectivity index (χ0v) is 12.8. The Labute approximate surface area is 120 Å². The number of benzene rings is 1. The monoisotopic (exact) mass is 284 g/mol. The largest absolute Gasteiger partial charge is 0.383 e. The molecule has 4 nitrogen and oxygen atoms in total. The van der Waals surface area contributed by atoms with Crippen molar-refractivity contribution in [1.29, 1.82) is 0 Å². The molecule has 1 aromatic rings. The summed E-state index contributed by atoms with van der Waals surface area (Å²) >= 11 is 0. The molecule has 1 atom stereocenters. The lowest BCUT2D eigenvalue weighted by atomic mass is 10.1. The van der Waals surface area contributed by atoms with Crippen molar-refractivity contribution in [3.8, 4) is 0 Å². The molecule has 114 valence electrons. The Morgan fingerprint density at radius 3 is 2.60 bits per heavy atom. The Morgan fingerprint density at radius 2 is 2.00 bits per heavy atom. The van der Waals surface area contributed by atoms with Crippen molar-refractivity contribution in [1.82, 2.24) is 5.32 Å². The van der Waals surface area contributed by atoms with Gasteiger partial charge in [-0.05, 0) is 37.7 Å². The van der Waals surface area contributed by atoms with Crippen molar-refractivity contribution < 1.29 is 13.9 Å². The Hall–Kier alpha value is -1.17. The van der Waals surface area contributed by atoms with Crippen LogP contribution in [0.4, 0.5) is 10.1 Å². The molecule has 0 aliphatic rings. The van der Waals surface area contributed by atoms with E-state index in [0.717, 1.165) is 11.3 Å². The minimum atomic E-state index is -0.222. The first-order valence-corrected chi connectivity index (χ1v) is 6.81. The van der Waals surface area contributed by atoms with E-state index in [1.165, 1.54) is 0 Å². The summed E-state index contributed by atoms with van der Waals surface area (Å²) in [5, 5.41) is 3.04. The highest BCUT2D eigenvalue weighted by Gasteiger charge is 2.15. The van der Waals surface area contributed by atoms with Crippen molar-refractivity contribution in [3.05, 3.63) is 29.6 Å². The van der Waals surface area contributed by atoms with Gasteiger partial charge in [0.2, 0.25) is 0 Å². The highest BCUT2D eigenvalue weighted by atomic mass is 19.1. The third kappa shape index (κ3) is 5.07. The maximum Gasteiger partial charge on any atom is 0.125 e. The first-order chi connectivity index (χ1) is 9.62. The molecular weight excluding hydrogens is 259 g/mol. The summed E-state index contributed by atoms with van der Waals surface area (Å²) in [6.45, 7) is 4.57. The molecule has 0 saturated carbocycles. The second kappa shape index (κ2) is 8.89. The lowest BCUT2D eigenvalue weighted by molar-refractivity contribution is 0.171. The van der Waals surface area contributed by atoms with Gasteiger partial charge in [0, 0.05) is 39.0 Å². The Bertz CT molecular complexity index is 401. The van der Waals surface area contributed by atoms with Crippen LogP contribution in [0.2, 0.25) is 0 Å². The van der Waals surface area contributed by atoms with Gasteiger partial charge in [0.15, 0.2) is 0 Å². The Morgan fingerprint density at radius 1 is 1.25 bits per heavy atom. The maximum atomic E-state index is 13.8. The summed E-state index contributed by atoms with van der Waals surface area (Å²) in [5.74, 6) is -0.222. The zero-order chi connectivity index (χ0) is 15.0.